The molecule has 13 heavy (non-hydrogen) atoms. The summed E-state index contributed by atoms with van der Waals surface area (Å²) < 4.78 is 2.02. The van der Waals surface area contributed by atoms with Gasteiger partial charge in [-0.2, -0.15) is 0 Å². The first-order valence-electron chi connectivity index (χ1n) is 3.81. The van der Waals surface area contributed by atoms with E-state index >= 15 is 0 Å². The van der Waals surface area contributed by atoms with Gasteiger partial charge in [-0.3, -0.25) is 0 Å². The van der Waals surface area contributed by atoms with Gasteiger partial charge in [-0.1, -0.05) is 6.07 Å². The summed E-state index contributed by atoms with van der Waals surface area (Å²) in [7, 11) is 0. The molecule has 0 atom stereocenters. The SMILES string of the molecule is Cc1nc2ccccn2c1CCl.Cl. The molecule has 0 saturated carbocycles. The van der Waals surface area contributed by atoms with Crippen LogP contribution < -0.4 is 0 Å². The highest BCUT2D eigenvalue weighted by molar-refractivity contribution is 6.17. The van der Waals surface area contributed by atoms with E-state index in [-0.39, 0.29) is 12.4 Å². The first-order chi connectivity index (χ1) is 5.83. The van der Waals surface area contributed by atoms with E-state index in [9.17, 15) is 0 Å². The van der Waals surface area contributed by atoms with Crippen LogP contribution in [-0.2, 0) is 5.88 Å². The summed E-state index contributed by atoms with van der Waals surface area (Å²) in [6, 6.07) is 5.92. The van der Waals surface area contributed by atoms with Crippen LogP contribution in [0.3, 0.4) is 0 Å². The fourth-order valence-electron chi connectivity index (χ4n) is 1.33. The molecular weight excluding hydrogens is 207 g/mol. The molecule has 0 fully saturated rings. The maximum Gasteiger partial charge on any atom is 0.137 e. The van der Waals surface area contributed by atoms with Crippen molar-refractivity contribution in [2.24, 2.45) is 0 Å². The molecule has 2 aromatic heterocycles. The molecule has 0 saturated heterocycles. The van der Waals surface area contributed by atoms with Gasteiger partial charge >= 0.3 is 0 Å². The zero-order valence-corrected chi connectivity index (χ0v) is 8.77. The maximum atomic E-state index is 5.79. The zero-order chi connectivity index (χ0) is 8.55. The Morgan fingerprint density at radius 1 is 1.46 bits per heavy atom. The monoisotopic (exact) mass is 216 g/mol. The van der Waals surface area contributed by atoms with Crippen molar-refractivity contribution in [2.45, 2.75) is 12.8 Å². The van der Waals surface area contributed by atoms with E-state index in [1.54, 1.807) is 0 Å². The molecule has 0 radical (unpaired) electrons. The van der Waals surface area contributed by atoms with Crippen LogP contribution in [0, 0.1) is 6.92 Å². The molecule has 0 aliphatic heterocycles. The highest BCUT2D eigenvalue weighted by Gasteiger charge is 2.04. The fourth-order valence-corrected chi connectivity index (χ4v) is 1.65. The molecule has 2 aromatic rings. The average molecular weight is 217 g/mol. The fraction of sp³-hybridized carbons (Fsp3) is 0.222. The summed E-state index contributed by atoms with van der Waals surface area (Å²) in [5.74, 6) is 0.511. The van der Waals surface area contributed by atoms with Crippen LogP contribution in [0.2, 0.25) is 0 Å². The van der Waals surface area contributed by atoms with Gasteiger partial charge in [0, 0.05) is 6.20 Å². The van der Waals surface area contributed by atoms with E-state index in [0.29, 0.717) is 5.88 Å². The number of hydrogen-bond donors (Lipinski definition) is 0. The molecule has 70 valence electrons. The third-order valence-electron chi connectivity index (χ3n) is 1.96. The number of hydrogen-bond acceptors (Lipinski definition) is 1. The number of nitrogens with zero attached hydrogens (tertiary/aromatic N) is 2. The molecule has 2 heterocycles. The van der Waals surface area contributed by atoms with Gasteiger partial charge in [0.05, 0.1) is 17.3 Å². The van der Waals surface area contributed by atoms with Crippen molar-refractivity contribution in [2.75, 3.05) is 0 Å². The van der Waals surface area contributed by atoms with Crippen molar-refractivity contribution >= 4 is 29.7 Å². The maximum absolute atomic E-state index is 5.79. The Labute approximate surface area is 88.0 Å². The molecule has 4 heteroatoms. The lowest BCUT2D eigenvalue weighted by molar-refractivity contribution is 1.07. The Morgan fingerprint density at radius 3 is 2.92 bits per heavy atom. The van der Waals surface area contributed by atoms with Crippen LogP contribution >= 0.6 is 24.0 Å². The first-order valence-corrected chi connectivity index (χ1v) is 4.35. The Hall–Kier alpha value is -0.730. The number of aryl methyl sites for hydroxylation is 1. The van der Waals surface area contributed by atoms with Crippen molar-refractivity contribution in [3.8, 4) is 0 Å². The van der Waals surface area contributed by atoms with Gasteiger partial charge in [-0.05, 0) is 19.1 Å². The Bertz CT molecular complexity index is 409. The Balaban J connectivity index is 0.000000845. The summed E-state index contributed by atoms with van der Waals surface area (Å²) >= 11 is 5.79. The molecule has 0 amide bonds. The van der Waals surface area contributed by atoms with E-state index < -0.39 is 0 Å². The van der Waals surface area contributed by atoms with Gasteiger partial charge in [0.25, 0.3) is 0 Å². The van der Waals surface area contributed by atoms with E-state index in [0.717, 1.165) is 17.0 Å². The zero-order valence-electron chi connectivity index (χ0n) is 7.20. The van der Waals surface area contributed by atoms with Gasteiger partial charge in [-0.15, -0.1) is 24.0 Å². The summed E-state index contributed by atoms with van der Waals surface area (Å²) in [5.41, 5.74) is 3.05. The standard InChI is InChI=1S/C9H9ClN2.ClH/c1-7-8(6-10)12-5-3-2-4-9(12)11-7;/h2-5H,6H2,1H3;1H. The van der Waals surface area contributed by atoms with Crippen LogP contribution in [0.25, 0.3) is 5.65 Å². The second-order valence-corrected chi connectivity index (χ2v) is 2.97. The van der Waals surface area contributed by atoms with Gasteiger partial charge in [0.15, 0.2) is 0 Å². The lowest BCUT2D eigenvalue weighted by Gasteiger charge is -1.95. The number of imidazole rings is 1. The molecular formula is C9H10Cl2N2. The van der Waals surface area contributed by atoms with E-state index in [2.05, 4.69) is 4.98 Å². The smallest absolute Gasteiger partial charge is 0.137 e. The second kappa shape index (κ2) is 3.99. The topological polar surface area (TPSA) is 17.3 Å². The van der Waals surface area contributed by atoms with Crippen LogP contribution in [0.15, 0.2) is 24.4 Å². The molecule has 0 aliphatic carbocycles. The number of aromatic nitrogens is 2. The van der Waals surface area contributed by atoms with Crippen LogP contribution in [0.4, 0.5) is 0 Å². The normalized spacial score (nSPS) is 10.0. The summed E-state index contributed by atoms with van der Waals surface area (Å²) in [5, 5.41) is 0. The number of alkyl halides is 1. The van der Waals surface area contributed by atoms with E-state index in [1.165, 1.54) is 0 Å². The molecule has 0 unspecified atom stereocenters. The van der Waals surface area contributed by atoms with Crippen molar-refractivity contribution in [3.63, 3.8) is 0 Å². The predicted molar refractivity (Wildman–Crippen MR) is 56.7 cm³/mol. The molecule has 2 rings (SSSR count). The molecule has 0 bridgehead atoms. The number of rotatable bonds is 1. The third kappa shape index (κ3) is 1.64. The largest absolute Gasteiger partial charge is 0.303 e. The minimum absolute atomic E-state index is 0. The number of pyridine rings is 1. The quantitative estimate of drug-likeness (QED) is 0.671. The lowest BCUT2D eigenvalue weighted by Crippen LogP contribution is -1.89. The minimum Gasteiger partial charge on any atom is -0.303 e. The van der Waals surface area contributed by atoms with Gasteiger partial charge in [0.2, 0.25) is 0 Å². The summed E-state index contributed by atoms with van der Waals surface area (Å²) in [6.07, 6.45) is 1.98. The lowest BCUT2D eigenvalue weighted by atomic mass is 10.4. The molecule has 0 aromatic carbocycles. The molecule has 0 aliphatic rings. The van der Waals surface area contributed by atoms with Crippen molar-refractivity contribution in [1.29, 1.82) is 0 Å². The molecule has 0 N–H and O–H groups in total. The first kappa shape index (κ1) is 10.4. The average Bonchev–Trinajstić information content (AvgIpc) is 2.40. The minimum atomic E-state index is 0. The Morgan fingerprint density at radius 2 is 2.23 bits per heavy atom. The van der Waals surface area contributed by atoms with Crippen LogP contribution in [0.5, 0.6) is 0 Å². The highest BCUT2D eigenvalue weighted by Crippen LogP contribution is 2.13. The van der Waals surface area contributed by atoms with Crippen molar-refractivity contribution in [1.82, 2.24) is 9.38 Å². The van der Waals surface area contributed by atoms with Gasteiger partial charge < -0.3 is 4.40 Å². The predicted octanol–water partition coefficient (Wildman–Crippen LogP) is 2.80. The van der Waals surface area contributed by atoms with E-state index in [1.807, 2.05) is 35.7 Å². The van der Waals surface area contributed by atoms with Crippen molar-refractivity contribution < 1.29 is 0 Å². The third-order valence-corrected chi connectivity index (χ3v) is 2.21. The van der Waals surface area contributed by atoms with Crippen LogP contribution in [-0.4, -0.2) is 9.38 Å². The molecule has 2 nitrogen and oxygen atoms in total. The van der Waals surface area contributed by atoms with Crippen LogP contribution in [0.1, 0.15) is 11.4 Å². The number of halogens is 2. The summed E-state index contributed by atoms with van der Waals surface area (Å²) in [6.45, 7) is 1.98. The second-order valence-electron chi connectivity index (χ2n) is 2.71. The number of fused-ring (bicyclic) bond motifs is 1. The summed E-state index contributed by atoms with van der Waals surface area (Å²) in [4.78, 5) is 4.36. The van der Waals surface area contributed by atoms with Gasteiger partial charge in [0.1, 0.15) is 5.65 Å². The Kier molecular flexibility index (Phi) is 3.17. The van der Waals surface area contributed by atoms with Gasteiger partial charge in [-0.25, -0.2) is 4.98 Å². The van der Waals surface area contributed by atoms with Crippen molar-refractivity contribution in [3.05, 3.63) is 35.8 Å². The molecule has 0 spiro atoms. The van der Waals surface area contributed by atoms with E-state index in [4.69, 9.17) is 11.6 Å². The highest BCUT2D eigenvalue weighted by atomic mass is 35.5.